The minimum atomic E-state index is -2.08. The van der Waals surface area contributed by atoms with E-state index in [1.807, 2.05) is 24.3 Å². The Hall–Kier alpha value is -14.3. The van der Waals surface area contributed by atoms with E-state index in [1.54, 1.807) is 37.3 Å². The van der Waals surface area contributed by atoms with E-state index in [1.165, 1.54) is 63.9 Å². The van der Waals surface area contributed by atoms with E-state index >= 15 is 28.8 Å². The number of hydrogen-bond donors (Lipinski definition) is 25. The summed E-state index contributed by atoms with van der Waals surface area (Å²) < 4.78 is 10.9. The molecule has 4 heterocycles. The fourth-order valence-corrected chi connectivity index (χ4v) is 17.3. The number of fused-ring (bicyclic) bond motifs is 2. The van der Waals surface area contributed by atoms with Crippen LogP contribution in [0.15, 0.2) is 67.1 Å². The van der Waals surface area contributed by atoms with Gasteiger partial charge in [-0.15, -0.1) is 5.10 Å². The molecule has 0 bridgehead atoms. The van der Waals surface area contributed by atoms with Crippen molar-refractivity contribution in [1.82, 2.24) is 120 Å². The molecule has 0 saturated carbocycles. The van der Waals surface area contributed by atoms with Crippen LogP contribution in [0, 0.1) is 5.41 Å². The molecule has 17 amide bonds. The summed E-state index contributed by atoms with van der Waals surface area (Å²) in [7, 11) is 0. The molecule has 28 N–H and O–H groups in total. The lowest BCUT2D eigenvalue weighted by Crippen LogP contribution is -2.62. The molecule has 2 aromatic heterocycles. The van der Waals surface area contributed by atoms with Crippen LogP contribution in [0.1, 0.15) is 235 Å². The Morgan fingerprint density at radius 2 is 1.21 bits per heavy atom. The highest BCUT2D eigenvalue weighted by Gasteiger charge is 2.45. The van der Waals surface area contributed by atoms with Gasteiger partial charge in [-0.05, 0) is 117 Å². The van der Waals surface area contributed by atoms with Gasteiger partial charge in [0.25, 0.3) is 0 Å². The van der Waals surface area contributed by atoms with Crippen molar-refractivity contribution in [3.63, 3.8) is 0 Å². The van der Waals surface area contributed by atoms with Crippen molar-refractivity contribution in [2.75, 3.05) is 91.9 Å². The Balaban J connectivity index is 0.0000343. The molecule has 0 spiro atoms. The zero-order chi connectivity index (χ0) is 108. The van der Waals surface area contributed by atoms with E-state index < -0.39 is 276 Å². The first kappa shape index (κ1) is 124. The van der Waals surface area contributed by atoms with Gasteiger partial charge in [0, 0.05) is 89.6 Å². The number of carbonyl (C=O) groups excluding carboxylic acids is 17. The van der Waals surface area contributed by atoms with Crippen molar-refractivity contribution in [1.29, 1.82) is 5.41 Å². The Morgan fingerprint density at radius 1 is 0.587 bits per heavy atom. The number of benzene rings is 2. The molecular weight excluding hydrogens is 1960 g/mol. The molecule has 52 heteroatoms. The summed E-state index contributed by atoms with van der Waals surface area (Å²) in [5.41, 5.74) is 19.6. The predicted molar refractivity (Wildman–Crippen MR) is 541 cm³/mol. The van der Waals surface area contributed by atoms with E-state index in [9.17, 15) is 82.8 Å². The number of aromatic amines is 2. The molecule has 3 aliphatic rings. The second-order valence-corrected chi connectivity index (χ2v) is 37.3. The first-order valence-electron chi connectivity index (χ1n) is 51.0. The summed E-state index contributed by atoms with van der Waals surface area (Å²) in [6, 6.07) is -2.70. The Labute approximate surface area is 870 Å². The molecule has 830 valence electrons. The third-order valence-corrected chi connectivity index (χ3v) is 25.3. The van der Waals surface area contributed by atoms with Crippen LogP contribution >= 0.6 is 0 Å². The van der Waals surface area contributed by atoms with Crippen molar-refractivity contribution in [2.24, 2.45) is 17.2 Å². The van der Waals surface area contributed by atoms with Crippen LogP contribution < -0.4 is 97.0 Å². The van der Waals surface area contributed by atoms with E-state index in [0.29, 0.717) is 36.1 Å². The molecule has 4 aromatic rings. The summed E-state index contributed by atoms with van der Waals surface area (Å²) in [5.74, 6) is -19.5. The molecule has 7 rings (SSSR count). The van der Waals surface area contributed by atoms with Crippen LogP contribution in [0.25, 0.3) is 0 Å². The fourth-order valence-electron chi connectivity index (χ4n) is 17.3. The van der Waals surface area contributed by atoms with Gasteiger partial charge in [0.05, 0.1) is 65.0 Å². The highest BCUT2D eigenvalue weighted by molar-refractivity contribution is 6.01. The fraction of sp³-hybridized carbons (Fsp3) is 0.633. The van der Waals surface area contributed by atoms with Gasteiger partial charge in [0.15, 0.2) is 5.96 Å². The van der Waals surface area contributed by atoms with Crippen molar-refractivity contribution in [3.05, 3.63) is 95.3 Å². The van der Waals surface area contributed by atoms with E-state index in [0.717, 1.165) is 60.4 Å². The van der Waals surface area contributed by atoms with Gasteiger partial charge < -0.3 is 137 Å². The normalized spacial score (nSPS) is 18.8. The first-order valence-corrected chi connectivity index (χ1v) is 51.0. The number of carboxylic acid groups (broad SMARTS) is 2. The third kappa shape index (κ3) is 47.9. The van der Waals surface area contributed by atoms with Crippen molar-refractivity contribution in [2.45, 2.75) is 305 Å². The van der Waals surface area contributed by atoms with Crippen molar-refractivity contribution >= 4 is 118 Å². The number of amides is 17. The van der Waals surface area contributed by atoms with Gasteiger partial charge in [-0.2, -0.15) is 0 Å². The summed E-state index contributed by atoms with van der Waals surface area (Å²) in [6.45, 7) is -4.80. The number of aromatic nitrogens is 6. The molecule has 13 atom stereocenters. The summed E-state index contributed by atoms with van der Waals surface area (Å²) >= 11 is 0. The lowest BCUT2D eigenvalue weighted by atomic mass is 9.92. The third-order valence-electron chi connectivity index (χ3n) is 25.3. The number of imidazole rings is 1. The number of primary amides is 2. The number of nitrogens with two attached hydrogens (primary N) is 3. The van der Waals surface area contributed by atoms with E-state index in [4.69, 9.17) is 32.1 Å². The van der Waals surface area contributed by atoms with Gasteiger partial charge in [0.1, 0.15) is 78.9 Å². The number of aryl methyl sites for hydroxylation is 2. The number of aliphatic hydroxyl groups excluding tert-OH is 2. The SMILES string of the molecule is C.CCCC[C@H](NC(=O)[C@H](CNC(=O)CN(CC(=O)O)CC(=O)O)NC(=O)[C@H](Cc1cnc[nH]1)NC(=O)[C@H](CCC(N)=O)NC(=O)[C@H](CO)NC(=O)CNC(=O)COCCOCCNC(=O)CCCCCCCCCCCCCCCc1nnn[nH]1)C(=O)N[C@H]1CCC(=O)NCCCC[C@@H](C(N)=O)NC(=O)[C@@H](CC2CCc3ccccc32)NC(=O)[C@H](CCCNC(=N)N)NC(=O)[C@@H](Cc2ccccc2)NC(=O)[C@@H]2C[C@@H](O)CN2C1=O. The Bertz CT molecular complexity index is 4970. The average molecular weight is 2110 g/mol. The molecule has 2 aliphatic heterocycles. The van der Waals surface area contributed by atoms with Crippen LogP contribution in [0.4, 0.5) is 0 Å². The summed E-state index contributed by atoms with van der Waals surface area (Å²) in [5, 5.41) is 101. The van der Waals surface area contributed by atoms with E-state index in [-0.39, 0.29) is 122 Å². The number of rotatable bonds is 63. The predicted octanol–water partition coefficient (Wildman–Crippen LogP) is -3.89. The smallest absolute Gasteiger partial charge is 0.317 e. The number of aliphatic hydroxyl groups is 2. The van der Waals surface area contributed by atoms with Crippen LogP contribution in [-0.2, 0) is 126 Å². The zero-order valence-corrected chi connectivity index (χ0v) is 84.4. The van der Waals surface area contributed by atoms with Gasteiger partial charge in [0.2, 0.25) is 100 Å². The summed E-state index contributed by atoms with van der Waals surface area (Å²) in [6.07, 6.45) is 14.9. The standard InChI is InChI=1S/C97H149N27O25.CH4/c1-2-3-29-67(87(138)114-70-37-39-80(129)103-40-23-22-30-66(86(99)137)110-91(142)72(47-62-35-34-61-27-20-21-28-65(61)62)115-88(139)68(31-24-41-105-97(100)101)111-90(141)71(46-60-25-16-15-17-26-60)117-95(146)76-49-64(126)53-124(76)96(70)147)112-93(144)74(51-106-82(131)54-123(55-84(133)134)56-85(135)136)118-92(143)73(48-63-50-102-59-108-63)116-89(140)69(36-38-77(98)127)113-94(145)75(57-125)109-81(130)52-107-83(132)58-149-45-44-148-43-42-104-79(128)33-19-14-12-10-8-6-4-5-7-9-11-13-18-32-78-119-121-122-120-78;/h15-17,20-21,25-28,50,59,62,64,66-76,125-126H,2-14,18-19,22-24,29-49,51-58H2,1H3,(H2,98,127)(H2,99,137)(H,102,108)(H,103,129)(H,104,128)(H,106,131)(H,107,132)(H,109,130)(H,110,142)(H,111,141)(H,112,144)(H,113,145)(H,114,138)(H,115,139)(H,116,140)(H,117,146)(H,118,143)(H,133,134)(H,135,136)(H4,100,101,105)(H,119,120,121,122);1H4/t62?,64-,66+,67+,68+,69+,70+,71-,72-,73+,74+,75+,76+;/m1./s1. The Kier molecular flexibility index (Phi) is 57.3. The van der Waals surface area contributed by atoms with Gasteiger partial charge in [-0.3, -0.25) is 101 Å². The quantitative estimate of drug-likeness (QED) is 0.0114. The second kappa shape index (κ2) is 69.1. The first-order chi connectivity index (χ1) is 71.6. The number of hydrogen-bond acceptors (Lipinski definition) is 29. The van der Waals surface area contributed by atoms with Crippen molar-refractivity contribution < 1.29 is 121 Å². The topological polar surface area (TPSA) is 796 Å². The maximum absolute atomic E-state index is 15.6. The zero-order valence-electron chi connectivity index (χ0n) is 84.4. The number of ether oxygens (including phenoxy) is 2. The minimum absolute atomic E-state index is 0. The number of carboxylic acids is 2. The number of nitrogens with one attached hydrogen (secondary N) is 18. The molecule has 1 aliphatic carbocycles. The number of unbranched alkanes of at least 4 members (excludes halogenated alkanes) is 13. The number of tetrazole rings is 1. The molecule has 2 saturated heterocycles. The average Bonchev–Trinajstić information content (AvgIpc) is 1.65. The number of carbonyl (C=O) groups is 19. The Morgan fingerprint density at radius 3 is 1.86 bits per heavy atom. The highest BCUT2D eigenvalue weighted by Crippen LogP contribution is 2.36. The molecule has 2 aromatic carbocycles. The number of nitrogens with zero attached hydrogens (tertiary/aromatic N) is 6. The van der Waals surface area contributed by atoms with Gasteiger partial charge in [-0.1, -0.05) is 152 Å². The maximum Gasteiger partial charge on any atom is 0.317 e. The molecule has 1 unspecified atom stereocenters. The van der Waals surface area contributed by atoms with Gasteiger partial charge in [-0.25, -0.2) is 10.1 Å². The van der Waals surface area contributed by atoms with Crippen LogP contribution in [0.3, 0.4) is 0 Å². The number of guanidine groups is 1. The number of aliphatic carboxylic acids is 2. The largest absolute Gasteiger partial charge is 0.480 e. The van der Waals surface area contributed by atoms with Crippen LogP contribution in [0.2, 0.25) is 0 Å². The monoisotopic (exact) mass is 2110 g/mol. The molecule has 52 nitrogen and oxygen atoms in total. The summed E-state index contributed by atoms with van der Waals surface area (Å²) in [4.78, 5) is 273. The number of H-pyrrole nitrogens is 2. The van der Waals surface area contributed by atoms with E-state index in [2.05, 4.69) is 110 Å². The van der Waals surface area contributed by atoms with Gasteiger partial charge >= 0.3 is 11.9 Å². The molecular formula is C98H153N27O25. The second-order valence-electron chi connectivity index (χ2n) is 37.3. The highest BCUT2D eigenvalue weighted by atomic mass is 16.5. The molecule has 150 heavy (non-hydrogen) atoms. The van der Waals surface area contributed by atoms with Crippen LogP contribution in [0.5, 0.6) is 0 Å². The van der Waals surface area contributed by atoms with Crippen molar-refractivity contribution in [3.8, 4) is 0 Å². The lowest BCUT2D eigenvalue weighted by molar-refractivity contribution is -0.143. The molecule has 2 fully saturated rings. The van der Waals surface area contributed by atoms with Crippen LogP contribution in [-0.4, -0.2) is 344 Å². The maximum atomic E-state index is 15.6. The molecule has 0 radical (unpaired) electrons. The lowest BCUT2D eigenvalue weighted by Gasteiger charge is -2.31. The minimum Gasteiger partial charge on any atom is -0.480 e.